The molecule has 2 unspecified atom stereocenters. The highest BCUT2D eigenvalue weighted by Crippen LogP contribution is 2.24. The van der Waals surface area contributed by atoms with E-state index in [2.05, 4.69) is 6.92 Å². The maximum Gasteiger partial charge on any atom is 0.252 e. The molecule has 0 aromatic heterocycles. The molecular weight excluding hydrogens is 232 g/mol. The molecule has 2 saturated heterocycles. The summed E-state index contributed by atoms with van der Waals surface area (Å²) in [5.41, 5.74) is 5.58. The quantitative estimate of drug-likeness (QED) is 0.799. The molecular formula is C13H24N2O3. The first-order chi connectivity index (χ1) is 8.65. The number of morpholine rings is 1. The number of amides is 1. The van der Waals surface area contributed by atoms with Gasteiger partial charge in [-0.15, -0.1) is 0 Å². The van der Waals surface area contributed by atoms with E-state index in [1.807, 2.05) is 11.8 Å². The van der Waals surface area contributed by atoms with Crippen LogP contribution in [0.1, 0.15) is 33.1 Å². The van der Waals surface area contributed by atoms with E-state index in [9.17, 15) is 4.79 Å². The minimum atomic E-state index is -0.294. The third-order valence-electron chi connectivity index (χ3n) is 3.87. The first-order valence-electron chi connectivity index (χ1n) is 6.93. The number of hydrogen-bond donors (Lipinski definition) is 1. The summed E-state index contributed by atoms with van der Waals surface area (Å²) in [6, 6.07) is 0.189. The second-order valence-electron chi connectivity index (χ2n) is 5.26. The third-order valence-corrected chi connectivity index (χ3v) is 3.87. The zero-order chi connectivity index (χ0) is 13.1. The van der Waals surface area contributed by atoms with E-state index in [1.165, 1.54) is 0 Å². The molecule has 5 heteroatoms. The standard InChI is InChI=1S/C13H24N2O3/c1-3-10-8-17-9(2)7-15(10)13(16)12-5-4-11(6-14)18-12/h9-12H,3-8,14H2,1-2H3/t9?,10?,11-,12+/m1/s1. The lowest BCUT2D eigenvalue weighted by Gasteiger charge is -2.39. The Morgan fingerprint density at radius 1 is 1.44 bits per heavy atom. The van der Waals surface area contributed by atoms with Crippen LogP contribution in [0.4, 0.5) is 0 Å². The van der Waals surface area contributed by atoms with E-state index in [-0.39, 0.29) is 30.3 Å². The lowest BCUT2D eigenvalue weighted by molar-refractivity contribution is -0.155. The fraction of sp³-hybridized carbons (Fsp3) is 0.923. The molecule has 18 heavy (non-hydrogen) atoms. The Labute approximate surface area is 109 Å². The fourth-order valence-corrected chi connectivity index (χ4v) is 2.70. The average Bonchev–Trinajstić information content (AvgIpc) is 2.86. The molecule has 0 radical (unpaired) electrons. The largest absolute Gasteiger partial charge is 0.375 e. The monoisotopic (exact) mass is 256 g/mol. The van der Waals surface area contributed by atoms with Crippen LogP contribution in [0.2, 0.25) is 0 Å². The number of ether oxygens (including phenoxy) is 2. The van der Waals surface area contributed by atoms with Gasteiger partial charge in [0, 0.05) is 13.1 Å². The van der Waals surface area contributed by atoms with Crippen LogP contribution in [-0.2, 0) is 14.3 Å². The Morgan fingerprint density at radius 3 is 2.83 bits per heavy atom. The summed E-state index contributed by atoms with van der Waals surface area (Å²) in [7, 11) is 0. The molecule has 0 aromatic rings. The van der Waals surface area contributed by atoms with Gasteiger partial charge in [0.2, 0.25) is 0 Å². The second kappa shape index (κ2) is 5.99. The number of rotatable bonds is 3. The van der Waals surface area contributed by atoms with Crippen molar-refractivity contribution in [3.8, 4) is 0 Å². The molecule has 0 aromatic carbocycles. The van der Waals surface area contributed by atoms with Crippen LogP contribution in [0.25, 0.3) is 0 Å². The topological polar surface area (TPSA) is 64.8 Å². The van der Waals surface area contributed by atoms with E-state index >= 15 is 0 Å². The number of nitrogens with two attached hydrogens (primary N) is 1. The Morgan fingerprint density at radius 2 is 2.22 bits per heavy atom. The Balaban J connectivity index is 1.98. The maximum atomic E-state index is 12.5. The van der Waals surface area contributed by atoms with Crippen LogP contribution in [0.5, 0.6) is 0 Å². The molecule has 0 bridgehead atoms. The lowest BCUT2D eigenvalue weighted by Crippen LogP contribution is -2.54. The summed E-state index contributed by atoms with van der Waals surface area (Å²) >= 11 is 0. The zero-order valence-electron chi connectivity index (χ0n) is 11.3. The van der Waals surface area contributed by atoms with Crippen LogP contribution in [0, 0.1) is 0 Å². The molecule has 5 nitrogen and oxygen atoms in total. The van der Waals surface area contributed by atoms with Crippen LogP contribution in [-0.4, -0.2) is 54.9 Å². The van der Waals surface area contributed by atoms with Crippen molar-refractivity contribution in [3.63, 3.8) is 0 Å². The Hall–Kier alpha value is -0.650. The Kier molecular flexibility index (Phi) is 4.59. The van der Waals surface area contributed by atoms with E-state index in [0.29, 0.717) is 19.7 Å². The first kappa shape index (κ1) is 13.8. The van der Waals surface area contributed by atoms with Gasteiger partial charge in [-0.2, -0.15) is 0 Å². The highest BCUT2D eigenvalue weighted by atomic mass is 16.5. The summed E-state index contributed by atoms with van der Waals surface area (Å²) in [5.74, 6) is 0.118. The Bertz CT molecular complexity index is 298. The van der Waals surface area contributed by atoms with Gasteiger partial charge in [0.15, 0.2) is 0 Å². The van der Waals surface area contributed by atoms with Crippen LogP contribution in [0.3, 0.4) is 0 Å². The van der Waals surface area contributed by atoms with Gasteiger partial charge in [0.1, 0.15) is 6.10 Å². The fourth-order valence-electron chi connectivity index (χ4n) is 2.70. The SMILES string of the molecule is CCC1COC(C)CN1C(=O)[C@@H]1CC[C@H](CN)O1. The molecule has 2 heterocycles. The van der Waals surface area contributed by atoms with Crippen molar-refractivity contribution >= 4 is 5.91 Å². The summed E-state index contributed by atoms with van der Waals surface area (Å²) in [6.45, 7) is 5.90. The summed E-state index contributed by atoms with van der Waals surface area (Å²) in [5, 5.41) is 0. The molecule has 0 saturated carbocycles. The predicted molar refractivity (Wildman–Crippen MR) is 68.2 cm³/mol. The van der Waals surface area contributed by atoms with E-state index in [0.717, 1.165) is 19.3 Å². The van der Waals surface area contributed by atoms with Crippen molar-refractivity contribution < 1.29 is 14.3 Å². The number of nitrogens with zero attached hydrogens (tertiary/aromatic N) is 1. The molecule has 1 amide bonds. The van der Waals surface area contributed by atoms with Gasteiger partial charge in [-0.25, -0.2) is 0 Å². The summed E-state index contributed by atoms with van der Waals surface area (Å²) in [4.78, 5) is 14.4. The molecule has 4 atom stereocenters. The first-order valence-corrected chi connectivity index (χ1v) is 6.93. The van der Waals surface area contributed by atoms with Crippen LogP contribution >= 0.6 is 0 Å². The van der Waals surface area contributed by atoms with Gasteiger partial charge in [0.25, 0.3) is 5.91 Å². The molecule has 2 N–H and O–H groups in total. The molecule has 2 aliphatic heterocycles. The van der Waals surface area contributed by atoms with E-state index < -0.39 is 0 Å². The number of carbonyl (C=O) groups is 1. The van der Waals surface area contributed by atoms with Crippen LogP contribution < -0.4 is 5.73 Å². The van der Waals surface area contributed by atoms with Crippen molar-refractivity contribution in [2.24, 2.45) is 5.73 Å². The number of carbonyl (C=O) groups excluding carboxylic acids is 1. The molecule has 2 aliphatic rings. The zero-order valence-corrected chi connectivity index (χ0v) is 11.3. The molecule has 2 fully saturated rings. The normalized spacial score (nSPS) is 36.9. The minimum absolute atomic E-state index is 0.0532. The smallest absolute Gasteiger partial charge is 0.252 e. The molecule has 0 aliphatic carbocycles. The van der Waals surface area contributed by atoms with Gasteiger partial charge in [-0.1, -0.05) is 6.92 Å². The third kappa shape index (κ3) is 2.84. The minimum Gasteiger partial charge on any atom is -0.375 e. The van der Waals surface area contributed by atoms with Gasteiger partial charge in [-0.05, 0) is 26.2 Å². The van der Waals surface area contributed by atoms with Crippen molar-refractivity contribution in [1.29, 1.82) is 0 Å². The van der Waals surface area contributed by atoms with Gasteiger partial charge >= 0.3 is 0 Å². The highest BCUT2D eigenvalue weighted by molar-refractivity contribution is 5.81. The van der Waals surface area contributed by atoms with Gasteiger partial charge in [0.05, 0.1) is 24.9 Å². The predicted octanol–water partition coefficient (Wildman–Crippen LogP) is 0.519. The molecule has 2 rings (SSSR count). The van der Waals surface area contributed by atoms with Crippen LogP contribution in [0.15, 0.2) is 0 Å². The maximum absolute atomic E-state index is 12.5. The average molecular weight is 256 g/mol. The second-order valence-corrected chi connectivity index (χ2v) is 5.26. The molecule has 104 valence electrons. The molecule has 0 spiro atoms. The van der Waals surface area contributed by atoms with Crippen molar-refractivity contribution in [2.45, 2.75) is 57.5 Å². The van der Waals surface area contributed by atoms with Gasteiger partial charge in [-0.3, -0.25) is 4.79 Å². The summed E-state index contributed by atoms with van der Waals surface area (Å²) in [6.07, 6.45) is 2.48. The van der Waals surface area contributed by atoms with Crippen molar-refractivity contribution in [1.82, 2.24) is 4.90 Å². The van der Waals surface area contributed by atoms with Crippen molar-refractivity contribution in [3.05, 3.63) is 0 Å². The highest BCUT2D eigenvalue weighted by Gasteiger charge is 2.37. The van der Waals surface area contributed by atoms with E-state index in [4.69, 9.17) is 15.2 Å². The van der Waals surface area contributed by atoms with Gasteiger partial charge < -0.3 is 20.1 Å². The van der Waals surface area contributed by atoms with Crippen molar-refractivity contribution in [2.75, 3.05) is 19.7 Å². The number of hydrogen-bond acceptors (Lipinski definition) is 4. The lowest BCUT2D eigenvalue weighted by atomic mass is 10.1. The summed E-state index contributed by atoms with van der Waals surface area (Å²) < 4.78 is 11.3. The van der Waals surface area contributed by atoms with E-state index in [1.54, 1.807) is 0 Å².